The van der Waals surface area contributed by atoms with Crippen molar-refractivity contribution in [3.05, 3.63) is 35.9 Å². The molecular formula is C17H21ClF3N3O4. The first-order valence-electron chi connectivity index (χ1n) is 8.30. The molecule has 0 bridgehead atoms. The van der Waals surface area contributed by atoms with Crippen molar-refractivity contribution < 1.29 is 32.7 Å². The van der Waals surface area contributed by atoms with Crippen LogP contribution in [-0.2, 0) is 16.1 Å². The number of benzene rings is 1. The molecule has 2 atom stereocenters. The molecule has 156 valence electrons. The molecule has 0 unspecified atom stereocenters. The van der Waals surface area contributed by atoms with Crippen LogP contribution in [-0.4, -0.2) is 53.7 Å². The number of hydrogen-bond donors (Lipinski definition) is 3. The highest BCUT2D eigenvalue weighted by molar-refractivity contribution is 5.94. The van der Waals surface area contributed by atoms with Crippen LogP contribution in [0.4, 0.5) is 18.0 Å². The molecule has 11 heteroatoms. The van der Waals surface area contributed by atoms with Crippen LogP contribution in [0.5, 0.6) is 0 Å². The van der Waals surface area contributed by atoms with E-state index in [9.17, 15) is 27.6 Å². The minimum atomic E-state index is -4.61. The summed E-state index contributed by atoms with van der Waals surface area (Å²) in [6.07, 6.45) is -4.83. The molecular weight excluding hydrogens is 403 g/mol. The van der Waals surface area contributed by atoms with E-state index in [1.807, 2.05) is 6.07 Å². The van der Waals surface area contributed by atoms with Crippen molar-refractivity contribution >= 4 is 30.3 Å². The number of carboxylic acids is 1. The van der Waals surface area contributed by atoms with E-state index in [1.54, 1.807) is 24.3 Å². The zero-order valence-corrected chi connectivity index (χ0v) is 15.6. The average Bonchev–Trinajstić information content (AvgIpc) is 3.04. The number of hydrogen-bond acceptors (Lipinski definition) is 4. The molecule has 1 aliphatic heterocycles. The molecule has 0 aliphatic carbocycles. The quantitative estimate of drug-likeness (QED) is 0.650. The second kappa shape index (κ2) is 10.3. The molecule has 0 aromatic heterocycles. The van der Waals surface area contributed by atoms with Gasteiger partial charge in [-0.3, -0.25) is 14.9 Å². The van der Waals surface area contributed by atoms with E-state index in [4.69, 9.17) is 5.11 Å². The Bertz CT molecular complexity index is 688. The van der Waals surface area contributed by atoms with Gasteiger partial charge >= 0.3 is 18.2 Å². The van der Waals surface area contributed by atoms with Crippen LogP contribution in [0, 0.1) is 11.8 Å². The first-order valence-corrected chi connectivity index (χ1v) is 8.30. The number of aliphatic carboxylic acids is 1. The third kappa shape index (κ3) is 7.01. The molecule has 1 aliphatic rings. The maximum Gasteiger partial charge on any atom is 0.393 e. The Labute approximate surface area is 165 Å². The smallest absolute Gasteiger partial charge is 0.393 e. The number of carbonyl (C=O) groups excluding carboxylic acids is 2. The van der Waals surface area contributed by atoms with E-state index in [0.29, 0.717) is 0 Å². The van der Waals surface area contributed by atoms with Gasteiger partial charge in [0.1, 0.15) is 0 Å². The molecule has 1 aromatic carbocycles. The standard InChI is InChI=1S/C17H20F3N3O4.ClH/c18-17(19,20)13-10-23(9-12(13)15(25)26)7-6-14(24)22-16(27)21-8-11-4-2-1-3-5-11;/h1-5,12-13H,6-10H2,(H,25,26)(H2,21,22,24,27);1H/t12-,13-;/m1./s1. The van der Waals surface area contributed by atoms with E-state index in [2.05, 4.69) is 10.6 Å². The molecule has 0 radical (unpaired) electrons. The van der Waals surface area contributed by atoms with Gasteiger partial charge in [0, 0.05) is 32.6 Å². The minimum absolute atomic E-state index is 0. The number of amides is 3. The molecule has 0 saturated carbocycles. The van der Waals surface area contributed by atoms with Crippen LogP contribution < -0.4 is 10.6 Å². The molecule has 1 saturated heterocycles. The second-order valence-electron chi connectivity index (χ2n) is 6.32. The third-order valence-electron chi connectivity index (χ3n) is 4.34. The van der Waals surface area contributed by atoms with Crippen LogP contribution in [0.15, 0.2) is 30.3 Å². The summed E-state index contributed by atoms with van der Waals surface area (Å²) in [5, 5.41) is 13.5. The highest BCUT2D eigenvalue weighted by Crippen LogP contribution is 2.37. The predicted octanol–water partition coefficient (Wildman–Crippen LogP) is 2.02. The van der Waals surface area contributed by atoms with E-state index < -0.39 is 42.5 Å². The molecule has 0 spiro atoms. The van der Waals surface area contributed by atoms with Gasteiger partial charge < -0.3 is 15.3 Å². The lowest BCUT2D eigenvalue weighted by atomic mass is 9.96. The zero-order chi connectivity index (χ0) is 20.0. The Balaban J connectivity index is 0.00000392. The highest BCUT2D eigenvalue weighted by atomic mass is 35.5. The number of rotatable bonds is 6. The van der Waals surface area contributed by atoms with Crippen molar-refractivity contribution in [2.24, 2.45) is 11.8 Å². The van der Waals surface area contributed by atoms with Gasteiger partial charge in [0.25, 0.3) is 0 Å². The summed E-state index contributed by atoms with van der Waals surface area (Å²) in [4.78, 5) is 35.7. The van der Waals surface area contributed by atoms with Crippen molar-refractivity contribution in [2.75, 3.05) is 19.6 Å². The van der Waals surface area contributed by atoms with Crippen LogP contribution >= 0.6 is 12.4 Å². The maximum absolute atomic E-state index is 12.9. The number of carbonyl (C=O) groups is 3. The Morgan fingerprint density at radius 1 is 1.14 bits per heavy atom. The maximum atomic E-state index is 12.9. The fraction of sp³-hybridized carbons (Fsp3) is 0.471. The van der Waals surface area contributed by atoms with Gasteiger partial charge in [0.2, 0.25) is 5.91 Å². The Morgan fingerprint density at radius 3 is 2.32 bits per heavy atom. The van der Waals surface area contributed by atoms with Gasteiger partial charge in [-0.1, -0.05) is 30.3 Å². The number of urea groups is 1. The number of likely N-dealkylation sites (tertiary alicyclic amines) is 1. The van der Waals surface area contributed by atoms with E-state index in [0.717, 1.165) is 5.56 Å². The lowest BCUT2D eigenvalue weighted by Crippen LogP contribution is -2.40. The normalized spacial score (nSPS) is 19.5. The number of imide groups is 1. The summed E-state index contributed by atoms with van der Waals surface area (Å²) in [5.74, 6) is -5.68. The predicted molar refractivity (Wildman–Crippen MR) is 95.8 cm³/mol. The number of nitrogens with zero attached hydrogens (tertiary/aromatic N) is 1. The van der Waals surface area contributed by atoms with Crippen molar-refractivity contribution in [2.45, 2.75) is 19.1 Å². The lowest BCUT2D eigenvalue weighted by Gasteiger charge is -2.18. The van der Waals surface area contributed by atoms with E-state index >= 15 is 0 Å². The van der Waals surface area contributed by atoms with Gasteiger partial charge in [-0.25, -0.2) is 4.79 Å². The fourth-order valence-corrected chi connectivity index (χ4v) is 2.92. The molecule has 1 fully saturated rings. The topological polar surface area (TPSA) is 98.7 Å². The monoisotopic (exact) mass is 423 g/mol. The van der Waals surface area contributed by atoms with Gasteiger partial charge in [0.15, 0.2) is 0 Å². The van der Waals surface area contributed by atoms with Crippen LogP contribution in [0.1, 0.15) is 12.0 Å². The summed E-state index contributed by atoms with van der Waals surface area (Å²) in [5.41, 5.74) is 0.843. The van der Waals surface area contributed by atoms with Crippen molar-refractivity contribution in [1.29, 1.82) is 0 Å². The van der Waals surface area contributed by atoms with Crippen molar-refractivity contribution in [3.63, 3.8) is 0 Å². The van der Waals surface area contributed by atoms with Gasteiger partial charge in [-0.2, -0.15) is 13.2 Å². The van der Waals surface area contributed by atoms with Crippen molar-refractivity contribution in [3.8, 4) is 0 Å². The van der Waals surface area contributed by atoms with Crippen LogP contribution in [0.25, 0.3) is 0 Å². The van der Waals surface area contributed by atoms with Crippen LogP contribution in [0.3, 0.4) is 0 Å². The Morgan fingerprint density at radius 2 is 1.79 bits per heavy atom. The second-order valence-corrected chi connectivity index (χ2v) is 6.32. The Kier molecular flexibility index (Phi) is 8.70. The van der Waals surface area contributed by atoms with Gasteiger partial charge in [-0.05, 0) is 5.56 Å². The first-order chi connectivity index (χ1) is 12.7. The molecule has 28 heavy (non-hydrogen) atoms. The summed E-state index contributed by atoms with van der Waals surface area (Å²) in [6, 6.07) is 8.31. The molecule has 1 heterocycles. The molecule has 3 N–H and O–H groups in total. The van der Waals surface area contributed by atoms with Crippen molar-refractivity contribution in [1.82, 2.24) is 15.5 Å². The number of nitrogens with one attached hydrogen (secondary N) is 2. The Hall–Kier alpha value is -2.33. The van der Waals surface area contributed by atoms with E-state index in [1.165, 1.54) is 4.90 Å². The summed E-state index contributed by atoms with van der Waals surface area (Å²) >= 11 is 0. The fourth-order valence-electron chi connectivity index (χ4n) is 2.92. The molecule has 1 aromatic rings. The van der Waals surface area contributed by atoms with Crippen LogP contribution in [0.2, 0.25) is 0 Å². The SMILES string of the molecule is Cl.O=C(CCN1C[C@@H](C(F)(F)F)[C@H](C(=O)O)C1)NC(=O)NCc1ccccc1. The summed E-state index contributed by atoms with van der Waals surface area (Å²) in [7, 11) is 0. The first kappa shape index (κ1) is 23.7. The largest absolute Gasteiger partial charge is 0.481 e. The molecule has 7 nitrogen and oxygen atoms in total. The minimum Gasteiger partial charge on any atom is -0.481 e. The van der Waals surface area contributed by atoms with Gasteiger partial charge in [-0.15, -0.1) is 12.4 Å². The summed E-state index contributed by atoms with van der Waals surface area (Å²) in [6.45, 7) is -0.602. The molecule has 2 rings (SSSR count). The average molecular weight is 424 g/mol. The number of carboxylic acid groups (broad SMARTS) is 1. The zero-order valence-electron chi connectivity index (χ0n) is 14.7. The lowest BCUT2D eigenvalue weighted by molar-refractivity contribution is -0.188. The highest BCUT2D eigenvalue weighted by Gasteiger charge is 2.52. The number of halogens is 4. The third-order valence-corrected chi connectivity index (χ3v) is 4.34. The number of alkyl halides is 3. The van der Waals surface area contributed by atoms with Gasteiger partial charge in [0.05, 0.1) is 11.8 Å². The van der Waals surface area contributed by atoms with E-state index in [-0.39, 0.29) is 38.5 Å². The molecule has 3 amide bonds. The summed E-state index contributed by atoms with van der Waals surface area (Å²) < 4.78 is 38.8.